The number of aryl methyl sites for hydroxylation is 1. The van der Waals surface area contributed by atoms with Crippen molar-refractivity contribution in [2.45, 2.75) is 20.8 Å². The first-order chi connectivity index (χ1) is 11.0. The van der Waals surface area contributed by atoms with Crippen molar-refractivity contribution in [3.63, 3.8) is 0 Å². The molecule has 0 unspecified atom stereocenters. The fourth-order valence-electron chi connectivity index (χ4n) is 2.31. The fraction of sp³-hybridized carbons (Fsp3) is 0.250. The van der Waals surface area contributed by atoms with Crippen LogP contribution in [0, 0.1) is 13.8 Å². The molecule has 0 saturated heterocycles. The van der Waals surface area contributed by atoms with Gasteiger partial charge in [0, 0.05) is 23.5 Å². The van der Waals surface area contributed by atoms with E-state index in [-0.39, 0.29) is 0 Å². The SMILES string of the molecule is CCNC(=S)N/N=C\c1cc(C)n(-c2cccc(Cl)c2Cl)c1C. The van der Waals surface area contributed by atoms with Gasteiger partial charge in [0.1, 0.15) is 0 Å². The number of halogens is 2. The number of hydrogen-bond acceptors (Lipinski definition) is 2. The topological polar surface area (TPSA) is 41.4 Å². The average molecular weight is 369 g/mol. The first-order valence-corrected chi connectivity index (χ1v) is 8.32. The Bertz CT molecular complexity index is 753. The Morgan fingerprint density at radius 3 is 2.78 bits per heavy atom. The maximum atomic E-state index is 6.34. The Balaban J connectivity index is 2.31. The van der Waals surface area contributed by atoms with Crippen LogP contribution < -0.4 is 10.7 Å². The molecule has 0 aliphatic carbocycles. The standard InChI is InChI=1S/C16H18Cl2N4S/c1-4-19-16(23)21-20-9-12-8-10(2)22(11(12)3)14-7-5-6-13(17)15(14)18/h5-9H,4H2,1-3H3,(H2,19,21,23)/b20-9-. The van der Waals surface area contributed by atoms with E-state index in [1.165, 1.54) is 0 Å². The molecule has 0 fully saturated rings. The van der Waals surface area contributed by atoms with Crippen LogP contribution in [0.3, 0.4) is 0 Å². The van der Waals surface area contributed by atoms with Crippen LogP contribution in [0.1, 0.15) is 23.9 Å². The second-order valence-electron chi connectivity index (χ2n) is 4.96. The molecule has 2 rings (SSSR count). The smallest absolute Gasteiger partial charge is 0.186 e. The summed E-state index contributed by atoms with van der Waals surface area (Å²) in [6.07, 6.45) is 1.74. The Hall–Kier alpha value is -1.56. The molecule has 0 spiro atoms. The van der Waals surface area contributed by atoms with Crippen LogP contribution in [0.4, 0.5) is 0 Å². The summed E-state index contributed by atoms with van der Waals surface area (Å²) in [6, 6.07) is 7.63. The van der Waals surface area contributed by atoms with Crippen molar-refractivity contribution < 1.29 is 0 Å². The Morgan fingerprint density at radius 1 is 1.35 bits per heavy atom. The lowest BCUT2D eigenvalue weighted by atomic mass is 10.2. The van der Waals surface area contributed by atoms with E-state index in [1.807, 2.05) is 39.0 Å². The molecular formula is C16H18Cl2N4S. The maximum absolute atomic E-state index is 6.34. The minimum atomic E-state index is 0.496. The minimum Gasteiger partial charge on any atom is -0.362 e. The molecule has 4 nitrogen and oxygen atoms in total. The molecular weight excluding hydrogens is 351 g/mol. The van der Waals surface area contributed by atoms with Gasteiger partial charge in [-0.15, -0.1) is 0 Å². The molecule has 0 radical (unpaired) electrons. The first-order valence-electron chi connectivity index (χ1n) is 7.16. The van der Waals surface area contributed by atoms with Crippen LogP contribution >= 0.6 is 35.4 Å². The lowest BCUT2D eigenvalue weighted by molar-refractivity contribution is 0.903. The zero-order valence-electron chi connectivity index (χ0n) is 13.2. The Labute approximate surface area is 151 Å². The highest BCUT2D eigenvalue weighted by atomic mass is 35.5. The van der Waals surface area contributed by atoms with E-state index in [1.54, 1.807) is 12.3 Å². The predicted octanol–water partition coefficient (Wildman–Crippen LogP) is 4.22. The molecule has 0 atom stereocenters. The molecule has 7 heteroatoms. The lowest BCUT2D eigenvalue weighted by Crippen LogP contribution is -2.31. The third-order valence-electron chi connectivity index (χ3n) is 3.35. The zero-order chi connectivity index (χ0) is 17.0. The molecule has 1 aromatic carbocycles. The lowest BCUT2D eigenvalue weighted by Gasteiger charge is -2.12. The predicted molar refractivity (Wildman–Crippen MR) is 102 cm³/mol. The second-order valence-corrected chi connectivity index (χ2v) is 6.16. The summed E-state index contributed by atoms with van der Waals surface area (Å²) < 4.78 is 2.05. The number of benzene rings is 1. The molecule has 0 bridgehead atoms. The van der Waals surface area contributed by atoms with Gasteiger partial charge < -0.3 is 9.88 Å². The summed E-state index contributed by atoms with van der Waals surface area (Å²) in [5, 5.41) is 8.69. The van der Waals surface area contributed by atoms with Gasteiger partial charge in [-0.3, -0.25) is 5.43 Å². The van der Waals surface area contributed by atoms with Gasteiger partial charge in [0.2, 0.25) is 0 Å². The second kappa shape index (κ2) is 7.81. The summed E-state index contributed by atoms with van der Waals surface area (Å²) >= 11 is 17.5. The van der Waals surface area contributed by atoms with E-state index >= 15 is 0 Å². The molecule has 1 aromatic heterocycles. The average Bonchev–Trinajstić information content (AvgIpc) is 2.77. The van der Waals surface area contributed by atoms with E-state index in [0.29, 0.717) is 15.2 Å². The van der Waals surface area contributed by atoms with E-state index < -0.39 is 0 Å². The molecule has 2 N–H and O–H groups in total. The maximum Gasteiger partial charge on any atom is 0.186 e. The Kier molecular flexibility index (Phi) is 6.04. The van der Waals surface area contributed by atoms with Gasteiger partial charge >= 0.3 is 0 Å². The third-order valence-corrected chi connectivity index (χ3v) is 4.39. The number of hydrazone groups is 1. The van der Waals surface area contributed by atoms with Gasteiger partial charge in [-0.25, -0.2) is 0 Å². The van der Waals surface area contributed by atoms with Crippen LogP contribution in [0.5, 0.6) is 0 Å². The molecule has 122 valence electrons. The van der Waals surface area contributed by atoms with Gasteiger partial charge in [-0.1, -0.05) is 29.3 Å². The van der Waals surface area contributed by atoms with Gasteiger partial charge in [0.15, 0.2) is 5.11 Å². The summed E-state index contributed by atoms with van der Waals surface area (Å²) in [5.74, 6) is 0. The molecule has 0 aliphatic rings. The summed E-state index contributed by atoms with van der Waals surface area (Å²) in [4.78, 5) is 0. The van der Waals surface area contributed by atoms with Crippen LogP contribution in [0.2, 0.25) is 10.0 Å². The van der Waals surface area contributed by atoms with Crippen molar-refractivity contribution in [3.8, 4) is 5.69 Å². The van der Waals surface area contributed by atoms with Gasteiger partial charge in [-0.05, 0) is 51.2 Å². The number of hydrogen-bond donors (Lipinski definition) is 2. The quantitative estimate of drug-likeness (QED) is 0.482. The normalized spacial score (nSPS) is 11.0. The number of aromatic nitrogens is 1. The third kappa shape index (κ3) is 4.05. The number of rotatable bonds is 4. The van der Waals surface area contributed by atoms with E-state index in [2.05, 4.69) is 20.4 Å². The molecule has 2 aromatic rings. The minimum absolute atomic E-state index is 0.496. The summed E-state index contributed by atoms with van der Waals surface area (Å²) in [5.41, 5.74) is 6.67. The van der Waals surface area contributed by atoms with E-state index in [9.17, 15) is 0 Å². The van der Waals surface area contributed by atoms with E-state index in [0.717, 1.165) is 29.2 Å². The van der Waals surface area contributed by atoms with E-state index in [4.69, 9.17) is 35.4 Å². The van der Waals surface area contributed by atoms with Crippen molar-refractivity contribution in [2.75, 3.05) is 6.54 Å². The number of nitrogens with zero attached hydrogens (tertiary/aromatic N) is 2. The van der Waals surface area contributed by atoms with Gasteiger partial charge in [-0.2, -0.15) is 5.10 Å². The highest BCUT2D eigenvalue weighted by Crippen LogP contribution is 2.31. The molecule has 23 heavy (non-hydrogen) atoms. The zero-order valence-corrected chi connectivity index (χ0v) is 15.5. The molecule has 0 amide bonds. The largest absolute Gasteiger partial charge is 0.362 e. The summed E-state index contributed by atoms with van der Waals surface area (Å²) in [6.45, 7) is 6.75. The molecule has 0 saturated carbocycles. The number of nitrogens with one attached hydrogen (secondary N) is 2. The van der Waals surface area contributed by atoms with Crippen LogP contribution in [0.25, 0.3) is 5.69 Å². The van der Waals surface area contributed by atoms with Crippen LogP contribution in [0.15, 0.2) is 29.4 Å². The first kappa shape index (κ1) is 17.8. The van der Waals surface area contributed by atoms with Crippen molar-refractivity contribution in [1.82, 2.24) is 15.3 Å². The fourth-order valence-corrected chi connectivity index (χ4v) is 2.89. The van der Waals surface area contributed by atoms with Gasteiger partial charge in [0.05, 0.1) is 21.9 Å². The highest BCUT2D eigenvalue weighted by Gasteiger charge is 2.13. The summed E-state index contributed by atoms with van der Waals surface area (Å²) in [7, 11) is 0. The van der Waals surface area contributed by atoms with Crippen LogP contribution in [-0.4, -0.2) is 22.4 Å². The number of thiocarbonyl (C=S) groups is 1. The molecule has 0 aliphatic heterocycles. The monoisotopic (exact) mass is 368 g/mol. The highest BCUT2D eigenvalue weighted by molar-refractivity contribution is 7.80. The van der Waals surface area contributed by atoms with Crippen molar-refractivity contribution in [2.24, 2.45) is 5.10 Å². The molecule has 1 heterocycles. The Morgan fingerprint density at radius 2 is 2.09 bits per heavy atom. The van der Waals surface area contributed by atoms with Crippen LogP contribution in [-0.2, 0) is 0 Å². The van der Waals surface area contributed by atoms with Crippen molar-refractivity contribution >= 4 is 46.7 Å². The van der Waals surface area contributed by atoms with Crippen molar-refractivity contribution in [3.05, 3.63) is 51.3 Å². The van der Waals surface area contributed by atoms with Crippen molar-refractivity contribution in [1.29, 1.82) is 0 Å². The van der Waals surface area contributed by atoms with Gasteiger partial charge in [0.25, 0.3) is 0 Å².